The summed E-state index contributed by atoms with van der Waals surface area (Å²) in [6.07, 6.45) is 1.60. The van der Waals surface area contributed by atoms with Crippen molar-refractivity contribution in [3.8, 4) is 34.6 Å². The summed E-state index contributed by atoms with van der Waals surface area (Å²) in [5.74, 6) is 3.12. The first-order valence-corrected chi connectivity index (χ1v) is 12.0. The second-order valence-electron chi connectivity index (χ2n) is 8.18. The van der Waals surface area contributed by atoms with Crippen LogP contribution in [0.4, 0.5) is 5.82 Å². The Bertz CT molecular complexity index is 1300. The number of aromatic nitrogens is 5. The lowest BCUT2D eigenvalue weighted by Gasteiger charge is -2.17. The molecule has 184 valence electrons. The van der Waals surface area contributed by atoms with Crippen LogP contribution in [-0.4, -0.2) is 61.8 Å². The third-order valence-electron chi connectivity index (χ3n) is 4.84. The number of anilines is 1. The molecule has 35 heavy (non-hydrogen) atoms. The molecule has 0 aliphatic rings. The number of hydrogen-bond acceptors (Lipinski definition) is 10. The van der Waals surface area contributed by atoms with E-state index in [9.17, 15) is 5.11 Å². The van der Waals surface area contributed by atoms with Gasteiger partial charge in [0.05, 0.1) is 32.6 Å². The maximum absolute atomic E-state index is 10.0. The van der Waals surface area contributed by atoms with Crippen molar-refractivity contribution in [1.82, 2.24) is 24.5 Å². The van der Waals surface area contributed by atoms with Gasteiger partial charge in [-0.05, 0) is 50.9 Å². The molecule has 0 unspecified atom stereocenters. The molecule has 3 aromatic heterocycles. The summed E-state index contributed by atoms with van der Waals surface area (Å²) in [7, 11) is 3.19. The fourth-order valence-corrected chi connectivity index (χ4v) is 4.06. The molecule has 11 heteroatoms. The summed E-state index contributed by atoms with van der Waals surface area (Å²) < 4.78 is 21.9. The average molecular weight is 497 g/mol. The quantitative estimate of drug-likeness (QED) is 0.311. The Morgan fingerprint density at radius 3 is 2.40 bits per heavy atom. The van der Waals surface area contributed by atoms with Crippen LogP contribution in [0.25, 0.3) is 28.5 Å². The van der Waals surface area contributed by atoms with Crippen molar-refractivity contribution in [1.29, 1.82) is 0 Å². The number of para-hydroxylation sites is 1. The van der Waals surface area contributed by atoms with Crippen LogP contribution in [-0.2, 0) is 0 Å². The summed E-state index contributed by atoms with van der Waals surface area (Å²) in [4.78, 5) is 18.7. The van der Waals surface area contributed by atoms with Crippen molar-refractivity contribution in [2.45, 2.75) is 26.4 Å². The second kappa shape index (κ2) is 10.4. The van der Waals surface area contributed by atoms with Gasteiger partial charge in [0.25, 0.3) is 0 Å². The van der Waals surface area contributed by atoms with Crippen LogP contribution < -0.4 is 18.9 Å². The number of ether oxygens (including phenoxy) is 3. The van der Waals surface area contributed by atoms with Crippen molar-refractivity contribution in [3.05, 3.63) is 42.6 Å². The number of rotatable bonds is 10. The van der Waals surface area contributed by atoms with Crippen molar-refractivity contribution < 1.29 is 19.3 Å². The number of hydrogen-bond donors (Lipinski definition) is 2. The molecule has 3 heterocycles. The Labute approximate surface area is 207 Å². The van der Waals surface area contributed by atoms with E-state index in [0.717, 1.165) is 0 Å². The van der Waals surface area contributed by atoms with Gasteiger partial charge in [0.2, 0.25) is 5.88 Å². The number of imidazole rings is 1. The minimum absolute atomic E-state index is 0.426. The largest absolute Gasteiger partial charge is 0.494 e. The van der Waals surface area contributed by atoms with E-state index < -0.39 is 5.60 Å². The van der Waals surface area contributed by atoms with Crippen LogP contribution in [0.2, 0.25) is 0 Å². The van der Waals surface area contributed by atoms with Gasteiger partial charge in [-0.1, -0.05) is 12.1 Å². The van der Waals surface area contributed by atoms with Crippen LogP contribution >= 0.6 is 11.9 Å². The van der Waals surface area contributed by atoms with Crippen molar-refractivity contribution >= 4 is 29.1 Å². The molecule has 0 amide bonds. The Kier molecular flexibility index (Phi) is 7.27. The van der Waals surface area contributed by atoms with Gasteiger partial charge in [-0.3, -0.25) is 4.57 Å². The van der Waals surface area contributed by atoms with Gasteiger partial charge in [-0.25, -0.2) is 19.9 Å². The molecule has 0 saturated heterocycles. The van der Waals surface area contributed by atoms with E-state index in [1.54, 1.807) is 40.3 Å². The summed E-state index contributed by atoms with van der Waals surface area (Å²) in [6.45, 7) is 5.89. The van der Waals surface area contributed by atoms with Crippen LogP contribution in [0.1, 0.15) is 20.8 Å². The second-order valence-corrected chi connectivity index (χ2v) is 8.96. The molecule has 0 aliphatic carbocycles. The van der Waals surface area contributed by atoms with Crippen molar-refractivity contribution in [3.63, 3.8) is 0 Å². The van der Waals surface area contributed by atoms with Crippen LogP contribution in [0.5, 0.6) is 17.4 Å². The van der Waals surface area contributed by atoms with Crippen LogP contribution in [0, 0.1) is 0 Å². The molecule has 4 aromatic rings. The number of nitrogens with one attached hydrogen (secondary N) is 1. The van der Waals surface area contributed by atoms with Gasteiger partial charge < -0.3 is 24.0 Å². The summed E-state index contributed by atoms with van der Waals surface area (Å²) in [6, 6.07) is 11.0. The zero-order valence-electron chi connectivity index (χ0n) is 20.3. The highest BCUT2D eigenvalue weighted by atomic mass is 32.2. The van der Waals surface area contributed by atoms with Gasteiger partial charge in [-0.2, -0.15) is 0 Å². The molecule has 0 radical (unpaired) electrons. The molecule has 1 aromatic carbocycles. The molecule has 0 fully saturated rings. The number of pyridine rings is 1. The van der Waals surface area contributed by atoms with Gasteiger partial charge in [-0.15, -0.1) is 0 Å². The lowest BCUT2D eigenvalue weighted by atomic mass is 10.2. The van der Waals surface area contributed by atoms with Crippen LogP contribution in [0.15, 0.2) is 42.6 Å². The molecule has 0 aliphatic heterocycles. The highest BCUT2D eigenvalue weighted by molar-refractivity contribution is 8.00. The average Bonchev–Trinajstić information content (AvgIpc) is 3.21. The zero-order valence-corrected chi connectivity index (χ0v) is 21.1. The Balaban J connectivity index is 1.92. The molecule has 0 bridgehead atoms. The van der Waals surface area contributed by atoms with Gasteiger partial charge in [0.15, 0.2) is 22.9 Å². The molecule has 4 rings (SSSR count). The maximum Gasteiger partial charge on any atom is 0.213 e. The molecule has 0 atom stereocenters. The van der Waals surface area contributed by atoms with Crippen molar-refractivity contribution in [2.75, 3.05) is 31.3 Å². The van der Waals surface area contributed by atoms with E-state index in [-0.39, 0.29) is 0 Å². The van der Waals surface area contributed by atoms with Gasteiger partial charge in [0, 0.05) is 11.8 Å². The van der Waals surface area contributed by atoms with Gasteiger partial charge in [0.1, 0.15) is 22.9 Å². The fourth-order valence-electron chi connectivity index (χ4n) is 3.39. The number of fused-ring (bicyclic) bond motifs is 1. The van der Waals surface area contributed by atoms with E-state index in [2.05, 4.69) is 14.7 Å². The predicted octanol–water partition coefficient (Wildman–Crippen LogP) is 4.12. The van der Waals surface area contributed by atoms with E-state index in [1.807, 2.05) is 41.8 Å². The highest BCUT2D eigenvalue weighted by Gasteiger charge is 2.24. The first-order chi connectivity index (χ1) is 16.8. The first kappa shape index (κ1) is 24.6. The lowest BCUT2D eigenvalue weighted by molar-refractivity contribution is 0.107. The number of methoxy groups -OCH3 is 2. The lowest BCUT2D eigenvalue weighted by Crippen LogP contribution is -2.22. The molecule has 0 saturated carbocycles. The van der Waals surface area contributed by atoms with E-state index >= 15 is 0 Å². The van der Waals surface area contributed by atoms with E-state index in [4.69, 9.17) is 24.2 Å². The minimum atomic E-state index is -0.827. The number of aliphatic hydroxyl groups is 1. The smallest absolute Gasteiger partial charge is 0.213 e. The summed E-state index contributed by atoms with van der Waals surface area (Å²) in [5, 5.41) is 10.0. The monoisotopic (exact) mass is 496 g/mol. The Morgan fingerprint density at radius 2 is 1.74 bits per heavy atom. The summed E-state index contributed by atoms with van der Waals surface area (Å²) in [5.41, 5.74) is 1.28. The van der Waals surface area contributed by atoms with E-state index in [0.29, 0.717) is 64.1 Å². The topological polar surface area (TPSA) is 116 Å². The Morgan fingerprint density at radius 1 is 1.03 bits per heavy atom. The first-order valence-electron chi connectivity index (χ1n) is 11.0. The minimum Gasteiger partial charge on any atom is -0.494 e. The zero-order chi connectivity index (χ0) is 25.0. The standard InChI is InChI=1S/C24H28N6O4S/c1-6-34-19-12-7-9-15(26-19)22-28-21-23(27-18(13-25-21)29-35-14-24(2,3)31)30(22)20-16(32-4)10-8-11-17(20)33-5/h7-13,31H,6,14H2,1-5H3,(H,27,29). The van der Waals surface area contributed by atoms with Crippen LogP contribution in [0.3, 0.4) is 0 Å². The third kappa shape index (κ3) is 5.41. The van der Waals surface area contributed by atoms with E-state index in [1.165, 1.54) is 11.9 Å². The summed E-state index contributed by atoms with van der Waals surface area (Å²) >= 11 is 1.34. The maximum atomic E-state index is 10.0. The predicted molar refractivity (Wildman–Crippen MR) is 137 cm³/mol. The SMILES string of the molecule is CCOc1cccc(-c2nc3ncc(NSCC(C)(C)O)nc3n2-c2c(OC)cccc2OC)n1. The molecular weight excluding hydrogens is 468 g/mol. The molecule has 2 N–H and O–H groups in total. The Hall–Kier alpha value is -3.57. The number of nitrogens with zero attached hydrogens (tertiary/aromatic N) is 5. The molecule has 0 spiro atoms. The number of benzene rings is 1. The van der Waals surface area contributed by atoms with Crippen molar-refractivity contribution in [2.24, 2.45) is 0 Å². The van der Waals surface area contributed by atoms with Gasteiger partial charge >= 0.3 is 0 Å². The highest BCUT2D eigenvalue weighted by Crippen LogP contribution is 2.38. The normalized spacial score (nSPS) is 11.5. The molecule has 10 nitrogen and oxygen atoms in total. The third-order valence-corrected chi connectivity index (χ3v) is 6.05. The fraction of sp³-hybridized carbons (Fsp3) is 0.333. The molecular formula is C24H28N6O4S.